The monoisotopic (exact) mass is 310 g/mol. The molecule has 1 fully saturated rings. The minimum absolute atomic E-state index is 0.0559. The summed E-state index contributed by atoms with van der Waals surface area (Å²) in [6.07, 6.45) is 3.05. The number of hydrogen-bond acceptors (Lipinski definition) is 4. The topological polar surface area (TPSA) is 80.5 Å². The number of hydrogen-bond donors (Lipinski definition) is 1. The van der Waals surface area contributed by atoms with Crippen LogP contribution < -0.4 is 5.73 Å². The summed E-state index contributed by atoms with van der Waals surface area (Å²) >= 11 is 0. The Morgan fingerprint density at radius 2 is 2.05 bits per heavy atom. The lowest BCUT2D eigenvalue weighted by molar-refractivity contribution is -0.131. The predicted molar refractivity (Wildman–Crippen MR) is 82.6 cm³/mol. The number of likely N-dealkylation sites (tertiary alicyclic amines) is 1. The second-order valence-electron chi connectivity index (χ2n) is 5.69. The molecule has 116 valence electrons. The second-order valence-corrected chi connectivity index (χ2v) is 7.92. The fourth-order valence-corrected chi connectivity index (χ4v) is 3.67. The molecule has 0 spiro atoms. The van der Waals surface area contributed by atoms with Gasteiger partial charge >= 0.3 is 0 Å². The zero-order valence-electron chi connectivity index (χ0n) is 12.2. The highest BCUT2D eigenvalue weighted by atomic mass is 32.2. The molecular weight excluding hydrogens is 288 g/mol. The predicted octanol–water partition coefficient (Wildman–Crippen LogP) is 0.592. The molecule has 0 unspecified atom stereocenters. The minimum atomic E-state index is -3.46. The molecule has 0 saturated carbocycles. The van der Waals surface area contributed by atoms with Crippen molar-refractivity contribution in [1.29, 1.82) is 0 Å². The van der Waals surface area contributed by atoms with E-state index in [1.54, 1.807) is 4.90 Å². The average molecular weight is 310 g/mol. The van der Waals surface area contributed by atoms with Gasteiger partial charge in [0.2, 0.25) is 5.91 Å². The van der Waals surface area contributed by atoms with Gasteiger partial charge in [0.25, 0.3) is 0 Å². The van der Waals surface area contributed by atoms with Gasteiger partial charge in [-0.05, 0) is 24.8 Å². The first-order chi connectivity index (χ1) is 9.88. The van der Waals surface area contributed by atoms with Gasteiger partial charge in [-0.15, -0.1) is 0 Å². The number of nitrogens with two attached hydrogens (primary N) is 1. The Bertz CT molecular complexity index is 586. The molecule has 2 rings (SSSR count). The first-order valence-electron chi connectivity index (χ1n) is 7.15. The summed E-state index contributed by atoms with van der Waals surface area (Å²) in [5, 5.41) is -1.02. The van der Waals surface area contributed by atoms with Crippen LogP contribution in [-0.2, 0) is 21.1 Å². The molecule has 1 heterocycles. The molecule has 1 aromatic carbocycles. The van der Waals surface area contributed by atoms with E-state index >= 15 is 0 Å². The zero-order chi connectivity index (χ0) is 15.5. The van der Waals surface area contributed by atoms with Gasteiger partial charge in [-0.1, -0.05) is 30.3 Å². The third kappa shape index (κ3) is 4.28. The van der Waals surface area contributed by atoms with Crippen LogP contribution in [0.3, 0.4) is 0 Å². The normalized spacial score (nSPS) is 21.0. The number of carbonyl (C=O) groups is 1. The smallest absolute Gasteiger partial charge is 0.241 e. The highest BCUT2D eigenvalue weighted by Gasteiger charge is 2.34. The van der Waals surface area contributed by atoms with Crippen molar-refractivity contribution in [2.24, 2.45) is 5.73 Å². The first-order valence-corrected chi connectivity index (χ1v) is 9.10. The molecule has 5 nitrogen and oxygen atoms in total. The lowest BCUT2D eigenvalue weighted by Gasteiger charge is -2.33. The largest absolute Gasteiger partial charge is 0.340 e. The number of benzene rings is 1. The van der Waals surface area contributed by atoms with Gasteiger partial charge in [0, 0.05) is 25.4 Å². The first kappa shape index (κ1) is 16.0. The molecule has 2 atom stereocenters. The molecule has 1 aliphatic heterocycles. The fraction of sp³-hybridized carbons (Fsp3) is 0.533. The van der Waals surface area contributed by atoms with Crippen LogP contribution in [0.25, 0.3) is 0 Å². The molecule has 0 aliphatic carbocycles. The Labute approximate surface area is 126 Å². The van der Waals surface area contributed by atoms with E-state index in [0.29, 0.717) is 13.1 Å². The number of nitrogens with zero attached hydrogens (tertiary/aromatic N) is 1. The van der Waals surface area contributed by atoms with Crippen LogP contribution in [0.2, 0.25) is 0 Å². The number of sulfone groups is 1. The fourth-order valence-electron chi connectivity index (χ4n) is 2.66. The van der Waals surface area contributed by atoms with Crippen molar-refractivity contribution in [3.05, 3.63) is 35.9 Å². The number of amides is 1. The third-order valence-electron chi connectivity index (χ3n) is 3.83. The van der Waals surface area contributed by atoms with E-state index in [1.165, 1.54) is 0 Å². The molecule has 6 heteroatoms. The Morgan fingerprint density at radius 3 is 2.62 bits per heavy atom. The SMILES string of the molecule is CS(=O)(=O)[C@@H](Cc1ccccc1)C(=O)N1CCC[C@H](N)C1. The van der Waals surface area contributed by atoms with Gasteiger partial charge in [-0.3, -0.25) is 4.79 Å². The highest BCUT2D eigenvalue weighted by Crippen LogP contribution is 2.16. The summed E-state index contributed by atoms with van der Waals surface area (Å²) in [7, 11) is -3.46. The van der Waals surface area contributed by atoms with Crippen molar-refractivity contribution in [1.82, 2.24) is 4.90 Å². The average Bonchev–Trinajstić information content (AvgIpc) is 2.44. The zero-order valence-corrected chi connectivity index (χ0v) is 13.1. The quantitative estimate of drug-likeness (QED) is 0.883. The Kier molecular flexibility index (Phi) is 5.00. The van der Waals surface area contributed by atoms with Crippen LogP contribution >= 0.6 is 0 Å². The van der Waals surface area contributed by atoms with Crippen LogP contribution in [0.5, 0.6) is 0 Å². The minimum Gasteiger partial charge on any atom is -0.340 e. The summed E-state index contributed by atoms with van der Waals surface area (Å²) in [5.41, 5.74) is 6.73. The van der Waals surface area contributed by atoms with Crippen molar-refractivity contribution in [3.8, 4) is 0 Å². The van der Waals surface area contributed by atoms with Crippen LogP contribution in [0.15, 0.2) is 30.3 Å². The Morgan fingerprint density at radius 1 is 1.38 bits per heavy atom. The molecule has 0 radical (unpaired) electrons. The lowest BCUT2D eigenvalue weighted by atomic mass is 10.0. The van der Waals surface area contributed by atoms with E-state index in [0.717, 1.165) is 24.7 Å². The van der Waals surface area contributed by atoms with Gasteiger partial charge in [0.1, 0.15) is 5.25 Å². The molecule has 1 aromatic rings. The third-order valence-corrected chi connectivity index (χ3v) is 5.23. The molecule has 0 bridgehead atoms. The standard InChI is InChI=1S/C15H22N2O3S/c1-21(19,20)14(10-12-6-3-2-4-7-12)15(18)17-9-5-8-13(16)11-17/h2-4,6-7,13-14H,5,8-11,16H2,1H3/t13-,14-/m0/s1. The van der Waals surface area contributed by atoms with Gasteiger partial charge in [-0.2, -0.15) is 0 Å². The van der Waals surface area contributed by atoms with E-state index in [2.05, 4.69) is 0 Å². The lowest BCUT2D eigenvalue weighted by Crippen LogP contribution is -2.51. The summed E-state index contributed by atoms with van der Waals surface area (Å²) in [6.45, 7) is 1.03. The van der Waals surface area contributed by atoms with Gasteiger partial charge in [-0.25, -0.2) is 8.42 Å². The molecule has 1 aliphatic rings. The van der Waals surface area contributed by atoms with Crippen molar-refractivity contribution in [2.75, 3.05) is 19.3 Å². The van der Waals surface area contributed by atoms with Crippen LogP contribution in [-0.4, -0.2) is 49.9 Å². The van der Waals surface area contributed by atoms with E-state index in [4.69, 9.17) is 5.73 Å². The Hall–Kier alpha value is -1.40. The number of piperidine rings is 1. The maximum absolute atomic E-state index is 12.6. The Balaban J connectivity index is 2.18. The summed E-state index contributed by atoms with van der Waals surface area (Å²) in [6, 6.07) is 9.18. The van der Waals surface area contributed by atoms with E-state index in [-0.39, 0.29) is 18.4 Å². The summed E-state index contributed by atoms with van der Waals surface area (Å²) < 4.78 is 24.0. The van der Waals surface area contributed by atoms with E-state index < -0.39 is 15.1 Å². The molecule has 0 aromatic heterocycles. The van der Waals surface area contributed by atoms with Crippen molar-refractivity contribution >= 4 is 15.7 Å². The number of carbonyl (C=O) groups excluding carboxylic acids is 1. The van der Waals surface area contributed by atoms with Crippen molar-refractivity contribution in [3.63, 3.8) is 0 Å². The van der Waals surface area contributed by atoms with Gasteiger partial charge in [0.15, 0.2) is 9.84 Å². The molecule has 2 N–H and O–H groups in total. The molecule has 1 amide bonds. The van der Waals surface area contributed by atoms with Crippen molar-refractivity contribution in [2.45, 2.75) is 30.6 Å². The van der Waals surface area contributed by atoms with Crippen LogP contribution in [0, 0.1) is 0 Å². The van der Waals surface area contributed by atoms with E-state index in [1.807, 2.05) is 30.3 Å². The summed E-state index contributed by atoms with van der Waals surface area (Å²) in [4.78, 5) is 14.2. The van der Waals surface area contributed by atoms with Crippen molar-refractivity contribution < 1.29 is 13.2 Å². The molecule has 21 heavy (non-hydrogen) atoms. The maximum Gasteiger partial charge on any atom is 0.241 e. The second kappa shape index (κ2) is 6.58. The molecular formula is C15H22N2O3S. The van der Waals surface area contributed by atoms with Crippen LogP contribution in [0.1, 0.15) is 18.4 Å². The maximum atomic E-state index is 12.6. The van der Waals surface area contributed by atoms with Gasteiger partial charge in [0.05, 0.1) is 0 Å². The van der Waals surface area contributed by atoms with Crippen LogP contribution in [0.4, 0.5) is 0 Å². The van der Waals surface area contributed by atoms with Gasteiger partial charge < -0.3 is 10.6 Å². The number of rotatable bonds is 4. The summed E-state index contributed by atoms with van der Waals surface area (Å²) in [5.74, 6) is -0.323. The molecule has 1 saturated heterocycles. The van der Waals surface area contributed by atoms with E-state index in [9.17, 15) is 13.2 Å². The highest BCUT2D eigenvalue weighted by molar-refractivity contribution is 7.92.